The van der Waals surface area contributed by atoms with Crippen LogP contribution in [-0.2, 0) is 9.16 Å². The summed E-state index contributed by atoms with van der Waals surface area (Å²) in [6, 6.07) is 21.3. The molecule has 33 heavy (non-hydrogen) atoms. The van der Waals surface area contributed by atoms with Gasteiger partial charge in [-0.2, -0.15) is 0 Å². The zero-order valence-corrected chi connectivity index (χ0v) is 22.2. The van der Waals surface area contributed by atoms with Crippen LogP contribution in [0.1, 0.15) is 60.8 Å². The van der Waals surface area contributed by atoms with E-state index in [4.69, 9.17) is 9.16 Å². The Morgan fingerprint density at radius 2 is 1.48 bits per heavy atom. The number of carbonyl (C=O) groups is 1. The van der Waals surface area contributed by atoms with E-state index in [9.17, 15) is 4.79 Å². The van der Waals surface area contributed by atoms with Gasteiger partial charge in [0.15, 0.2) is 0 Å². The van der Waals surface area contributed by atoms with E-state index < -0.39 is 13.9 Å². The second-order valence-electron chi connectivity index (χ2n) is 10.5. The molecule has 2 aromatic rings. The largest absolute Gasteiger partial charge is 0.444 e. The Morgan fingerprint density at radius 1 is 0.970 bits per heavy atom. The molecule has 0 aliphatic carbocycles. The molecule has 0 saturated heterocycles. The Kier molecular flexibility index (Phi) is 9.50. The number of carbonyl (C=O) groups excluding carboxylic acids is 1. The van der Waals surface area contributed by atoms with Crippen LogP contribution < -0.4 is 15.7 Å². The van der Waals surface area contributed by atoms with Crippen molar-refractivity contribution in [3.8, 4) is 0 Å². The Bertz CT molecular complexity index is 830. The van der Waals surface area contributed by atoms with Crippen LogP contribution in [0.15, 0.2) is 73.3 Å². The highest BCUT2D eigenvalue weighted by atomic mass is 28.4. The maximum absolute atomic E-state index is 12.2. The lowest BCUT2D eigenvalue weighted by Crippen LogP contribution is -2.66. The van der Waals surface area contributed by atoms with Crippen LogP contribution >= 0.6 is 0 Å². The first kappa shape index (κ1) is 26.9. The van der Waals surface area contributed by atoms with Gasteiger partial charge in [0.2, 0.25) is 0 Å². The van der Waals surface area contributed by atoms with Gasteiger partial charge in [-0.05, 0) is 55.4 Å². The Hall–Kier alpha value is -2.37. The van der Waals surface area contributed by atoms with Gasteiger partial charge in [-0.1, -0.05) is 87.5 Å². The molecule has 180 valence electrons. The lowest BCUT2D eigenvalue weighted by atomic mass is 10.1. The lowest BCUT2D eigenvalue weighted by molar-refractivity contribution is 0.0500. The van der Waals surface area contributed by atoms with Gasteiger partial charge in [-0.15, -0.1) is 6.58 Å². The van der Waals surface area contributed by atoms with Gasteiger partial charge in [0.05, 0.1) is 0 Å². The second-order valence-corrected chi connectivity index (χ2v) is 14.8. The number of hydrogen-bond donors (Lipinski definition) is 1. The third kappa shape index (κ3) is 7.58. The highest BCUT2D eigenvalue weighted by Crippen LogP contribution is 2.36. The topological polar surface area (TPSA) is 47.6 Å². The van der Waals surface area contributed by atoms with Crippen LogP contribution in [0.2, 0.25) is 5.04 Å². The van der Waals surface area contributed by atoms with Crippen molar-refractivity contribution in [2.24, 2.45) is 0 Å². The number of alkyl carbamates (subject to hydrolysis) is 1. The number of ether oxygens (including phenoxy) is 1. The van der Waals surface area contributed by atoms with E-state index in [1.165, 1.54) is 10.4 Å². The van der Waals surface area contributed by atoms with E-state index in [0.29, 0.717) is 13.0 Å². The summed E-state index contributed by atoms with van der Waals surface area (Å²) < 4.78 is 12.4. The molecule has 1 N–H and O–H groups in total. The number of amides is 1. The minimum atomic E-state index is -2.54. The maximum atomic E-state index is 12.2. The number of nitrogens with one attached hydrogen (secondary N) is 1. The van der Waals surface area contributed by atoms with E-state index in [2.05, 4.69) is 93.3 Å². The van der Waals surface area contributed by atoms with Crippen LogP contribution in [0.4, 0.5) is 4.79 Å². The third-order valence-electron chi connectivity index (χ3n) is 5.60. The predicted octanol–water partition coefficient (Wildman–Crippen LogP) is 5.81. The van der Waals surface area contributed by atoms with Crippen LogP contribution in [0, 0.1) is 0 Å². The molecular weight excluding hydrogens is 426 g/mol. The zero-order chi connectivity index (χ0) is 24.5. The fourth-order valence-corrected chi connectivity index (χ4v) is 8.85. The molecule has 1 amide bonds. The molecule has 0 spiro atoms. The zero-order valence-electron chi connectivity index (χ0n) is 21.2. The number of benzene rings is 2. The minimum Gasteiger partial charge on any atom is -0.444 e. The third-order valence-corrected chi connectivity index (χ3v) is 10.6. The first-order valence-electron chi connectivity index (χ1n) is 11.8. The summed E-state index contributed by atoms with van der Waals surface area (Å²) in [5.74, 6) is 0. The summed E-state index contributed by atoms with van der Waals surface area (Å²) in [5, 5.41) is 5.49. The molecule has 0 aromatic heterocycles. The van der Waals surface area contributed by atoms with Gasteiger partial charge in [-0.25, -0.2) is 4.79 Å². The predicted molar refractivity (Wildman–Crippen MR) is 141 cm³/mol. The molecule has 0 radical (unpaired) electrons. The number of hydrogen-bond acceptors (Lipinski definition) is 3. The fourth-order valence-electron chi connectivity index (χ4n) is 4.24. The molecule has 1 unspecified atom stereocenters. The van der Waals surface area contributed by atoms with Crippen molar-refractivity contribution in [1.29, 1.82) is 0 Å². The molecule has 0 aliphatic heterocycles. The van der Waals surface area contributed by atoms with Crippen molar-refractivity contribution < 1.29 is 14.0 Å². The van der Waals surface area contributed by atoms with Crippen molar-refractivity contribution in [3.63, 3.8) is 0 Å². The highest BCUT2D eigenvalue weighted by molar-refractivity contribution is 6.99. The first-order chi connectivity index (χ1) is 15.5. The standard InChI is InChI=1S/C28H41NO3Si/c1-8-16-23(29-26(30)32-27(2,3)4)17-15-22-31-33(28(5,6)7,24-18-11-9-12-19-24)25-20-13-10-14-21-25/h8-14,18-21,23H,1,15-17,22H2,2-7H3,(H,29,30). The molecule has 2 aromatic carbocycles. The van der Waals surface area contributed by atoms with Gasteiger partial charge < -0.3 is 14.5 Å². The van der Waals surface area contributed by atoms with Crippen molar-refractivity contribution in [2.45, 2.75) is 77.5 Å². The van der Waals surface area contributed by atoms with Gasteiger partial charge >= 0.3 is 6.09 Å². The van der Waals surface area contributed by atoms with Crippen molar-refractivity contribution in [1.82, 2.24) is 5.32 Å². The minimum absolute atomic E-state index is 0.0277. The van der Waals surface area contributed by atoms with Crippen molar-refractivity contribution >= 4 is 24.8 Å². The van der Waals surface area contributed by atoms with Crippen LogP contribution in [-0.4, -0.2) is 32.7 Å². The van der Waals surface area contributed by atoms with Gasteiger partial charge in [0, 0.05) is 12.6 Å². The van der Waals surface area contributed by atoms with E-state index in [1.807, 2.05) is 26.8 Å². The lowest BCUT2D eigenvalue weighted by Gasteiger charge is -2.43. The quantitative estimate of drug-likeness (QED) is 0.272. The molecule has 4 nitrogen and oxygen atoms in total. The summed E-state index contributed by atoms with van der Waals surface area (Å²) in [6.45, 7) is 16.9. The highest BCUT2D eigenvalue weighted by Gasteiger charge is 2.49. The Labute approximate surface area is 201 Å². The van der Waals surface area contributed by atoms with Gasteiger partial charge in [-0.3, -0.25) is 0 Å². The van der Waals surface area contributed by atoms with E-state index in [1.54, 1.807) is 0 Å². The molecule has 0 aliphatic rings. The Morgan fingerprint density at radius 3 is 1.91 bits per heavy atom. The van der Waals surface area contributed by atoms with Crippen molar-refractivity contribution in [2.75, 3.05) is 6.61 Å². The van der Waals surface area contributed by atoms with Crippen LogP contribution in [0.5, 0.6) is 0 Å². The first-order valence-corrected chi connectivity index (χ1v) is 13.8. The summed E-state index contributed by atoms with van der Waals surface area (Å²) in [5.41, 5.74) is -0.519. The summed E-state index contributed by atoms with van der Waals surface area (Å²) in [7, 11) is -2.54. The van der Waals surface area contributed by atoms with E-state index in [-0.39, 0.29) is 17.2 Å². The molecule has 0 fully saturated rings. The van der Waals surface area contributed by atoms with Gasteiger partial charge in [0.25, 0.3) is 8.32 Å². The summed E-state index contributed by atoms with van der Waals surface area (Å²) >= 11 is 0. The molecular formula is C28H41NO3Si. The second kappa shape index (κ2) is 11.7. The molecule has 0 bridgehead atoms. The fraction of sp³-hybridized carbons (Fsp3) is 0.464. The number of rotatable bonds is 10. The maximum Gasteiger partial charge on any atom is 0.407 e. The average molecular weight is 468 g/mol. The average Bonchev–Trinajstić information content (AvgIpc) is 2.73. The molecule has 1 atom stereocenters. The SMILES string of the molecule is C=CCC(CCCO[Si](c1ccccc1)(c1ccccc1)C(C)(C)C)NC(=O)OC(C)(C)C. The summed E-state index contributed by atoms with van der Waals surface area (Å²) in [6.07, 6.45) is 3.77. The van der Waals surface area contributed by atoms with E-state index in [0.717, 1.165) is 12.8 Å². The summed E-state index contributed by atoms with van der Waals surface area (Å²) in [4.78, 5) is 12.2. The van der Waals surface area contributed by atoms with Crippen molar-refractivity contribution in [3.05, 3.63) is 73.3 Å². The normalized spacial score (nSPS) is 13.3. The molecule has 0 heterocycles. The molecule has 2 rings (SSSR count). The van der Waals surface area contributed by atoms with E-state index >= 15 is 0 Å². The molecule has 5 heteroatoms. The Balaban J connectivity index is 2.18. The smallest absolute Gasteiger partial charge is 0.407 e. The van der Waals surface area contributed by atoms with Gasteiger partial charge in [0.1, 0.15) is 5.60 Å². The van der Waals surface area contributed by atoms with Crippen LogP contribution in [0.25, 0.3) is 0 Å². The van der Waals surface area contributed by atoms with Crippen LogP contribution in [0.3, 0.4) is 0 Å². The monoisotopic (exact) mass is 467 g/mol. The molecule has 0 saturated carbocycles.